The molecule has 0 fully saturated rings. The third-order valence-electron chi connectivity index (χ3n) is 2.67. The molecule has 1 aromatic heterocycles. The van der Waals surface area contributed by atoms with Gasteiger partial charge < -0.3 is 20.2 Å². The molecule has 5 nitrogen and oxygen atoms in total. The van der Waals surface area contributed by atoms with Crippen LogP contribution >= 0.6 is 0 Å². The maximum atomic E-state index is 11.5. The van der Waals surface area contributed by atoms with Gasteiger partial charge in [0.25, 0.3) is 0 Å². The second-order valence-electron chi connectivity index (χ2n) is 4.03. The van der Waals surface area contributed by atoms with Crippen molar-refractivity contribution in [1.82, 2.24) is 10.6 Å². The van der Waals surface area contributed by atoms with Crippen molar-refractivity contribution < 1.29 is 14.3 Å². The zero-order valence-corrected chi connectivity index (χ0v) is 9.43. The molecule has 1 aliphatic carbocycles. The fourth-order valence-electron chi connectivity index (χ4n) is 1.74. The molecule has 0 aliphatic heterocycles. The van der Waals surface area contributed by atoms with E-state index in [0.29, 0.717) is 5.76 Å². The van der Waals surface area contributed by atoms with E-state index in [0.717, 1.165) is 12.8 Å². The molecular formula is C12H16N2O3. The minimum atomic E-state index is -0.808. The molecule has 5 heteroatoms. The lowest BCUT2D eigenvalue weighted by molar-refractivity contribution is 0.147. The lowest BCUT2D eigenvalue weighted by Crippen LogP contribution is -2.42. The van der Waals surface area contributed by atoms with Gasteiger partial charge in [0.2, 0.25) is 0 Å². The summed E-state index contributed by atoms with van der Waals surface area (Å²) < 4.78 is 5.03. The highest BCUT2D eigenvalue weighted by Crippen LogP contribution is 2.12. The monoisotopic (exact) mass is 236 g/mol. The van der Waals surface area contributed by atoms with Crippen LogP contribution in [0.25, 0.3) is 0 Å². The van der Waals surface area contributed by atoms with Gasteiger partial charge in [0.1, 0.15) is 11.9 Å². The number of hydrogen-bond acceptors (Lipinski definition) is 3. The molecule has 0 spiro atoms. The number of rotatable bonds is 4. The highest BCUT2D eigenvalue weighted by molar-refractivity contribution is 5.74. The second kappa shape index (κ2) is 5.54. The van der Waals surface area contributed by atoms with E-state index >= 15 is 0 Å². The zero-order valence-electron chi connectivity index (χ0n) is 9.43. The first kappa shape index (κ1) is 11.7. The van der Waals surface area contributed by atoms with Crippen molar-refractivity contribution in [3.05, 3.63) is 36.3 Å². The number of carbonyl (C=O) groups is 1. The topological polar surface area (TPSA) is 74.5 Å². The van der Waals surface area contributed by atoms with E-state index in [4.69, 9.17) is 4.42 Å². The minimum Gasteiger partial charge on any atom is -0.467 e. The van der Waals surface area contributed by atoms with Gasteiger partial charge >= 0.3 is 6.03 Å². The number of nitrogens with one attached hydrogen (secondary N) is 2. The molecule has 0 saturated heterocycles. The first-order chi connectivity index (χ1) is 8.25. The number of furan rings is 1. The van der Waals surface area contributed by atoms with Crippen LogP contribution < -0.4 is 10.6 Å². The van der Waals surface area contributed by atoms with Crippen molar-refractivity contribution in [3.63, 3.8) is 0 Å². The number of aliphatic hydroxyl groups is 1. The van der Waals surface area contributed by atoms with Crippen LogP contribution in [0.2, 0.25) is 0 Å². The summed E-state index contributed by atoms with van der Waals surface area (Å²) >= 11 is 0. The summed E-state index contributed by atoms with van der Waals surface area (Å²) in [5.41, 5.74) is 0. The second-order valence-corrected chi connectivity index (χ2v) is 4.03. The Morgan fingerprint density at radius 1 is 1.53 bits per heavy atom. The van der Waals surface area contributed by atoms with Crippen LogP contribution in [0.1, 0.15) is 24.7 Å². The quantitative estimate of drug-likeness (QED) is 0.690. The molecule has 1 unspecified atom stereocenters. The van der Waals surface area contributed by atoms with Crippen LogP contribution in [0.5, 0.6) is 0 Å². The van der Waals surface area contributed by atoms with Gasteiger partial charge in [0.05, 0.1) is 12.8 Å². The summed E-state index contributed by atoms with van der Waals surface area (Å²) in [4.78, 5) is 11.5. The maximum Gasteiger partial charge on any atom is 0.315 e. The standard InChI is InChI=1S/C12H16N2O3/c15-10(11-6-3-7-17-11)8-13-12(16)14-9-4-1-2-5-9/h1-3,6-7,9-10,15H,4-5,8H2,(H2,13,14,16). The van der Waals surface area contributed by atoms with Gasteiger partial charge in [-0.15, -0.1) is 0 Å². The normalized spacial score (nSPS) is 17.0. The Kier molecular flexibility index (Phi) is 3.82. The van der Waals surface area contributed by atoms with E-state index in [1.165, 1.54) is 6.26 Å². The Labute approximate surface area is 99.5 Å². The van der Waals surface area contributed by atoms with Crippen molar-refractivity contribution in [2.45, 2.75) is 25.0 Å². The van der Waals surface area contributed by atoms with E-state index < -0.39 is 6.10 Å². The Morgan fingerprint density at radius 2 is 2.29 bits per heavy atom. The molecule has 1 aromatic rings. The molecule has 0 bridgehead atoms. The molecule has 17 heavy (non-hydrogen) atoms. The van der Waals surface area contributed by atoms with E-state index in [1.807, 2.05) is 12.2 Å². The molecule has 3 N–H and O–H groups in total. The Morgan fingerprint density at radius 3 is 2.94 bits per heavy atom. The molecular weight excluding hydrogens is 220 g/mol. The summed E-state index contributed by atoms with van der Waals surface area (Å²) in [7, 11) is 0. The van der Waals surface area contributed by atoms with Crippen LogP contribution in [0.3, 0.4) is 0 Å². The summed E-state index contributed by atoms with van der Waals surface area (Å²) in [5.74, 6) is 0.452. The SMILES string of the molecule is O=C(NCC(O)c1ccco1)NC1CC=CC1. The van der Waals surface area contributed by atoms with Crippen LogP contribution in [-0.4, -0.2) is 23.7 Å². The molecule has 1 aliphatic rings. The minimum absolute atomic E-state index is 0.138. The average molecular weight is 236 g/mol. The fraction of sp³-hybridized carbons (Fsp3) is 0.417. The van der Waals surface area contributed by atoms with Crippen LogP contribution in [0.4, 0.5) is 4.79 Å². The van der Waals surface area contributed by atoms with Crippen molar-refractivity contribution in [3.8, 4) is 0 Å². The van der Waals surface area contributed by atoms with E-state index in [-0.39, 0.29) is 18.6 Å². The fourth-order valence-corrected chi connectivity index (χ4v) is 1.74. The summed E-state index contributed by atoms with van der Waals surface area (Å²) in [6, 6.07) is 3.29. The number of urea groups is 1. The lowest BCUT2D eigenvalue weighted by atomic mass is 10.2. The lowest BCUT2D eigenvalue weighted by Gasteiger charge is -2.14. The van der Waals surface area contributed by atoms with E-state index in [9.17, 15) is 9.90 Å². The predicted octanol–water partition coefficient (Wildman–Crippen LogP) is 1.33. The molecule has 1 heterocycles. The van der Waals surface area contributed by atoms with Gasteiger partial charge in [-0.1, -0.05) is 12.2 Å². The van der Waals surface area contributed by atoms with Crippen molar-refractivity contribution in [1.29, 1.82) is 0 Å². The number of aliphatic hydroxyl groups excluding tert-OH is 1. The zero-order chi connectivity index (χ0) is 12.1. The van der Waals surface area contributed by atoms with Crippen molar-refractivity contribution in [2.75, 3.05) is 6.54 Å². The summed E-state index contributed by atoms with van der Waals surface area (Å²) in [5, 5.41) is 15.1. The van der Waals surface area contributed by atoms with Crippen LogP contribution in [0.15, 0.2) is 35.0 Å². The molecule has 1 atom stereocenters. The third-order valence-corrected chi connectivity index (χ3v) is 2.67. The highest BCUT2D eigenvalue weighted by Gasteiger charge is 2.15. The van der Waals surface area contributed by atoms with Gasteiger partial charge in [-0.05, 0) is 25.0 Å². The van der Waals surface area contributed by atoms with Gasteiger partial charge in [0.15, 0.2) is 0 Å². The molecule has 92 valence electrons. The number of amides is 2. The molecule has 0 aromatic carbocycles. The first-order valence-electron chi connectivity index (χ1n) is 5.66. The first-order valence-corrected chi connectivity index (χ1v) is 5.66. The Balaban J connectivity index is 1.69. The van der Waals surface area contributed by atoms with E-state index in [2.05, 4.69) is 10.6 Å². The van der Waals surface area contributed by atoms with Gasteiger partial charge in [-0.25, -0.2) is 4.79 Å². The van der Waals surface area contributed by atoms with Crippen LogP contribution in [0, 0.1) is 0 Å². The average Bonchev–Trinajstić information content (AvgIpc) is 2.97. The third kappa shape index (κ3) is 3.35. The summed E-state index contributed by atoms with van der Waals surface area (Å²) in [6.45, 7) is 0.138. The van der Waals surface area contributed by atoms with Crippen molar-refractivity contribution in [2.24, 2.45) is 0 Å². The van der Waals surface area contributed by atoms with Gasteiger partial charge in [-0.3, -0.25) is 0 Å². The molecule has 0 radical (unpaired) electrons. The van der Waals surface area contributed by atoms with Crippen LogP contribution in [-0.2, 0) is 0 Å². The predicted molar refractivity (Wildman–Crippen MR) is 62.4 cm³/mol. The molecule has 2 amide bonds. The van der Waals surface area contributed by atoms with Gasteiger partial charge in [0, 0.05) is 6.04 Å². The summed E-state index contributed by atoms with van der Waals surface area (Å²) in [6.07, 6.45) is 6.51. The highest BCUT2D eigenvalue weighted by atomic mass is 16.4. The Bertz CT molecular complexity index is 378. The van der Waals surface area contributed by atoms with Gasteiger partial charge in [-0.2, -0.15) is 0 Å². The number of hydrogen-bond donors (Lipinski definition) is 3. The largest absolute Gasteiger partial charge is 0.467 e. The molecule has 2 rings (SSSR count). The maximum absolute atomic E-state index is 11.5. The van der Waals surface area contributed by atoms with E-state index in [1.54, 1.807) is 12.1 Å². The number of carbonyl (C=O) groups excluding carboxylic acids is 1. The molecule has 0 saturated carbocycles. The smallest absolute Gasteiger partial charge is 0.315 e. The van der Waals surface area contributed by atoms with Crippen molar-refractivity contribution >= 4 is 6.03 Å². The Hall–Kier alpha value is -1.75.